The minimum atomic E-state index is -4.46. The van der Waals surface area contributed by atoms with Gasteiger partial charge in [-0.2, -0.15) is 18.2 Å². The maximum atomic E-state index is 13.1. The van der Waals surface area contributed by atoms with Crippen LogP contribution in [0.3, 0.4) is 0 Å². The number of benzene rings is 1. The van der Waals surface area contributed by atoms with E-state index in [1.807, 2.05) is 4.90 Å². The van der Waals surface area contributed by atoms with Crippen LogP contribution in [0.4, 0.5) is 18.3 Å². The first-order valence-electron chi connectivity index (χ1n) is 8.41. The molecular formula is C17H15F3N4O3S. The Labute approximate surface area is 161 Å². The molecule has 11 heteroatoms. The maximum absolute atomic E-state index is 13.1. The molecule has 2 aromatic heterocycles. The highest BCUT2D eigenvalue weighted by Gasteiger charge is 2.35. The highest BCUT2D eigenvalue weighted by atomic mass is 32.1. The molecule has 0 bridgehead atoms. The van der Waals surface area contributed by atoms with E-state index in [-0.39, 0.29) is 24.4 Å². The van der Waals surface area contributed by atoms with E-state index in [9.17, 15) is 13.2 Å². The van der Waals surface area contributed by atoms with Crippen LogP contribution in [0.25, 0.3) is 10.7 Å². The van der Waals surface area contributed by atoms with Crippen molar-refractivity contribution in [2.45, 2.75) is 25.3 Å². The van der Waals surface area contributed by atoms with Gasteiger partial charge < -0.3 is 19.3 Å². The Morgan fingerprint density at radius 1 is 1.32 bits per heavy atom. The van der Waals surface area contributed by atoms with Crippen molar-refractivity contribution in [2.24, 2.45) is 0 Å². The summed E-state index contributed by atoms with van der Waals surface area (Å²) >= 11 is 1.34. The zero-order chi connectivity index (χ0) is 19.7. The molecule has 1 N–H and O–H groups in total. The summed E-state index contributed by atoms with van der Waals surface area (Å²) < 4.78 is 49.9. The van der Waals surface area contributed by atoms with Gasteiger partial charge in [0.2, 0.25) is 5.82 Å². The Morgan fingerprint density at radius 2 is 2.14 bits per heavy atom. The average Bonchev–Trinajstić information content (AvgIpc) is 3.41. The van der Waals surface area contributed by atoms with Crippen molar-refractivity contribution in [3.63, 3.8) is 0 Å². The van der Waals surface area contributed by atoms with Crippen molar-refractivity contribution >= 4 is 16.5 Å². The van der Waals surface area contributed by atoms with Gasteiger partial charge in [-0.1, -0.05) is 28.6 Å². The molecule has 1 aromatic carbocycles. The van der Waals surface area contributed by atoms with Gasteiger partial charge in [0.05, 0.1) is 23.2 Å². The van der Waals surface area contributed by atoms with Gasteiger partial charge in [-0.3, -0.25) is 0 Å². The molecule has 0 spiro atoms. The second-order valence-electron chi connectivity index (χ2n) is 6.15. The highest BCUT2D eigenvalue weighted by Crippen LogP contribution is 2.37. The fourth-order valence-corrected chi connectivity index (χ4v) is 3.79. The van der Waals surface area contributed by atoms with Crippen LogP contribution in [-0.2, 0) is 12.8 Å². The summed E-state index contributed by atoms with van der Waals surface area (Å²) in [5.74, 6) is 0.284. The first-order chi connectivity index (χ1) is 13.4. The Balaban J connectivity index is 1.44. The van der Waals surface area contributed by atoms with Gasteiger partial charge in [0, 0.05) is 13.0 Å². The molecule has 1 aliphatic heterocycles. The van der Waals surface area contributed by atoms with Crippen LogP contribution < -0.4 is 9.64 Å². The first-order valence-corrected chi connectivity index (χ1v) is 9.23. The van der Waals surface area contributed by atoms with Gasteiger partial charge in [-0.25, -0.2) is 4.98 Å². The van der Waals surface area contributed by atoms with Crippen LogP contribution in [0.2, 0.25) is 0 Å². The van der Waals surface area contributed by atoms with Crippen molar-refractivity contribution in [3.8, 4) is 16.5 Å². The Kier molecular flexibility index (Phi) is 4.94. The van der Waals surface area contributed by atoms with Crippen molar-refractivity contribution < 1.29 is 27.5 Å². The van der Waals surface area contributed by atoms with Gasteiger partial charge in [0.25, 0.3) is 5.89 Å². The van der Waals surface area contributed by atoms with Crippen LogP contribution >= 0.6 is 11.3 Å². The number of halogens is 3. The third-order valence-electron chi connectivity index (χ3n) is 4.22. The molecule has 3 aromatic rings. The molecule has 0 saturated carbocycles. The third kappa shape index (κ3) is 3.80. The summed E-state index contributed by atoms with van der Waals surface area (Å²) in [4.78, 5) is 11.0. The summed E-state index contributed by atoms with van der Waals surface area (Å²) in [6, 6.07) is 5.21. The van der Waals surface area contributed by atoms with Crippen LogP contribution in [-0.4, -0.2) is 39.4 Å². The standard InChI is InChI=1S/C17H15F3N4O3S/c18-17(19,20)11-3-1-2-4-12(11)26-10-5-6-24(8-10)16-21-7-13(28-16)15-22-14(9-25)27-23-15/h1-4,7,10,25H,5-6,8-9H2/t10-/m0/s1. The van der Waals surface area contributed by atoms with E-state index >= 15 is 0 Å². The number of thiazole rings is 1. The summed E-state index contributed by atoms with van der Waals surface area (Å²) in [5, 5.41) is 13.5. The van der Waals surface area contributed by atoms with E-state index in [1.165, 1.54) is 29.5 Å². The molecule has 0 aliphatic carbocycles. The van der Waals surface area contributed by atoms with Gasteiger partial charge >= 0.3 is 6.18 Å². The smallest absolute Gasteiger partial charge is 0.419 e. The lowest BCUT2D eigenvalue weighted by atomic mass is 10.2. The summed E-state index contributed by atoms with van der Waals surface area (Å²) in [5.41, 5.74) is -0.776. The Hall–Kier alpha value is -2.66. The molecular weight excluding hydrogens is 397 g/mol. The predicted octanol–water partition coefficient (Wildman–Crippen LogP) is 3.36. The second kappa shape index (κ2) is 7.40. The highest BCUT2D eigenvalue weighted by molar-refractivity contribution is 7.18. The van der Waals surface area contributed by atoms with Gasteiger partial charge in [-0.15, -0.1) is 0 Å². The van der Waals surface area contributed by atoms with Gasteiger partial charge in [-0.05, 0) is 12.1 Å². The number of hydrogen-bond acceptors (Lipinski definition) is 8. The molecule has 7 nitrogen and oxygen atoms in total. The molecule has 148 valence electrons. The number of nitrogens with zero attached hydrogens (tertiary/aromatic N) is 4. The number of alkyl halides is 3. The predicted molar refractivity (Wildman–Crippen MR) is 94.0 cm³/mol. The summed E-state index contributed by atoms with van der Waals surface area (Å²) in [6.45, 7) is 0.691. The molecule has 0 unspecified atom stereocenters. The average molecular weight is 412 g/mol. The second-order valence-corrected chi connectivity index (χ2v) is 7.15. The zero-order valence-corrected chi connectivity index (χ0v) is 15.2. The molecule has 1 fully saturated rings. The van der Waals surface area contributed by atoms with Crippen molar-refractivity contribution in [2.75, 3.05) is 18.0 Å². The van der Waals surface area contributed by atoms with Crippen LogP contribution in [0.5, 0.6) is 5.75 Å². The maximum Gasteiger partial charge on any atom is 0.419 e. The quantitative estimate of drug-likeness (QED) is 0.688. The minimum absolute atomic E-state index is 0.114. The lowest BCUT2D eigenvalue weighted by Gasteiger charge is -2.19. The largest absolute Gasteiger partial charge is 0.488 e. The minimum Gasteiger partial charge on any atom is -0.488 e. The van der Waals surface area contributed by atoms with Crippen LogP contribution in [0.1, 0.15) is 17.9 Å². The van der Waals surface area contributed by atoms with Crippen LogP contribution in [0.15, 0.2) is 35.0 Å². The van der Waals surface area contributed by atoms with Crippen molar-refractivity contribution in [1.82, 2.24) is 15.1 Å². The number of anilines is 1. The van der Waals surface area contributed by atoms with E-state index in [0.717, 1.165) is 6.07 Å². The topological polar surface area (TPSA) is 84.5 Å². The van der Waals surface area contributed by atoms with Gasteiger partial charge in [0.1, 0.15) is 18.5 Å². The molecule has 4 rings (SSSR count). The fourth-order valence-electron chi connectivity index (χ4n) is 2.91. The molecule has 1 aliphatic rings. The SMILES string of the molecule is OCc1nc(-c2cnc(N3CC[C@H](Oc4ccccc4C(F)(F)F)C3)s2)no1. The van der Waals surface area contributed by atoms with Gasteiger partial charge in [0.15, 0.2) is 5.13 Å². The normalized spacial score (nSPS) is 17.3. The molecule has 3 heterocycles. The lowest BCUT2D eigenvalue weighted by molar-refractivity contribution is -0.139. The van der Waals surface area contributed by atoms with E-state index in [1.54, 1.807) is 6.20 Å². The summed E-state index contributed by atoms with van der Waals surface area (Å²) in [7, 11) is 0. The first kappa shape index (κ1) is 18.7. The zero-order valence-electron chi connectivity index (χ0n) is 14.4. The Bertz CT molecular complexity index is 959. The molecule has 0 radical (unpaired) electrons. The number of para-hydroxylation sites is 1. The lowest BCUT2D eigenvalue weighted by Crippen LogP contribution is -2.25. The van der Waals surface area contributed by atoms with E-state index < -0.39 is 11.7 Å². The number of hydrogen-bond donors (Lipinski definition) is 1. The fraction of sp³-hybridized carbons (Fsp3) is 0.353. The third-order valence-corrected chi connectivity index (χ3v) is 5.27. The molecule has 1 atom stereocenters. The monoisotopic (exact) mass is 412 g/mol. The molecule has 0 amide bonds. The Morgan fingerprint density at radius 3 is 2.89 bits per heavy atom. The number of rotatable bonds is 5. The molecule has 1 saturated heterocycles. The number of aliphatic hydroxyl groups is 1. The summed E-state index contributed by atoms with van der Waals surface area (Å²) in [6.07, 6.45) is -2.66. The van der Waals surface area contributed by atoms with E-state index in [0.29, 0.717) is 35.3 Å². The van der Waals surface area contributed by atoms with Crippen molar-refractivity contribution in [1.29, 1.82) is 0 Å². The van der Waals surface area contributed by atoms with Crippen molar-refractivity contribution in [3.05, 3.63) is 41.9 Å². The van der Waals surface area contributed by atoms with Crippen LogP contribution in [0, 0.1) is 0 Å². The number of ether oxygens (including phenoxy) is 1. The molecule has 28 heavy (non-hydrogen) atoms. The number of aromatic nitrogens is 3. The number of aliphatic hydroxyl groups excluding tert-OH is 1. The van der Waals surface area contributed by atoms with E-state index in [4.69, 9.17) is 14.4 Å². The van der Waals surface area contributed by atoms with E-state index in [2.05, 4.69) is 15.1 Å².